The fraction of sp³-hybridized carbons (Fsp3) is 0.857. The summed E-state index contributed by atoms with van der Waals surface area (Å²) < 4.78 is 0. The van der Waals surface area contributed by atoms with Gasteiger partial charge in [-0.05, 0) is 32.4 Å². The Morgan fingerprint density at radius 3 is 2.83 bits per heavy atom. The predicted octanol–water partition coefficient (Wildman–Crippen LogP) is 1.87. The molecule has 0 aromatic heterocycles. The number of nitriles is 1. The van der Waals surface area contributed by atoms with Gasteiger partial charge in [0.05, 0.1) is 6.07 Å². The Morgan fingerprint density at radius 1 is 1.56 bits per heavy atom. The van der Waals surface area contributed by atoms with E-state index in [2.05, 4.69) is 17.9 Å². The third kappa shape index (κ3) is 3.71. The van der Waals surface area contributed by atoms with Gasteiger partial charge >= 0.3 is 0 Å². The second-order valence-electron chi connectivity index (χ2n) is 5.11. The van der Waals surface area contributed by atoms with Gasteiger partial charge in [0.1, 0.15) is 5.92 Å². The van der Waals surface area contributed by atoms with Crippen molar-refractivity contribution in [2.75, 3.05) is 26.7 Å². The zero-order valence-corrected chi connectivity index (χ0v) is 11.9. The molecule has 1 amide bonds. The Morgan fingerprint density at radius 2 is 2.28 bits per heavy atom. The lowest BCUT2D eigenvalue weighted by Gasteiger charge is -2.28. The van der Waals surface area contributed by atoms with Crippen LogP contribution in [0.5, 0.6) is 0 Å². The fourth-order valence-electron chi connectivity index (χ4n) is 2.72. The van der Waals surface area contributed by atoms with Crippen LogP contribution in [0.2, 0.25) is 0 Å². The Hall–Kier alpha value is -1.08. The minimum Gasteiger partial charge on any atom is -0.343 e. The lowest BCUT2D eigenvalue weighted by atomic mass is 10.0. The van der Waals surface area contributed by atoms with Gasteiger partial charge in [0, 0.05) is 19.6 Å². The summed E-state index contributed by atoms with van der Waals surface area (Å²) in [6, 6.07) is 2.61. The molecule has 1 aliphatic heterocycles. The number of carbonyl (C=O) groups is 1. The van der Waals surface area contributed by atoms with E-state index in [-0.39, 0.29) is 5.91 Å². The van der Waals surface area contributed by atoms with Crippen molar-refractivity contribution in [3.8, 4) is 6.07 Å². The molecule has 0 aromatic carbocycles. The Bertz CT molecular complexity index is 311. The van der Waals surface area contributed by atoms with Crippen LogP contribution in [0.3, 0.4) is 0 Å². The van der Waals surface area contributed by atoms with Crippen LogP contribution in [0.1, 0.15) is 39.5 Å². The van der Waals surface area contributed by atoms with Gasteiger partial charge < -0.3 is 4.90 Å². The number of amides is 1. The smallest absolute Gasteiger partial charge is 0.239 e. The van der Waals surface area contributed by atoms with Gasteiger partial charge in [-0.25, -0.2) is 0 Å². The van der Waals surface area contributed by atoms with Gasteiger partial charge in [-0.3, -0.25) is 9.69 Å². The Balaban J connectivity index is 2.51. The molecular formula is C14H25N3O. The molecule has 1 aliphatic rings. The molecule has 2 atom stereocenters. The summed E-state index contributed by atoms with van der Waals surface area (Å²) in [7, 11) is 1.83. The summed E-state index contributed by atoms with van der Waals surface area (Å²) in [6.45, 7) is 7.11. The first-order chi connectivity index (χ1) is 8.63. The molecule has 2 unspecified atom stereocenters. The summed E-state index contributed by atoms with van der Waals surface area (Å²) in [4.78, 5) is 16.3. The molecule has 0 spiro atoms. The molecule has 1 heterocycles. The van der Waals surface area contributed by atoms with E-state index in [1.807, 2.05) is 14.0 Å². The van der Waals surface area contributed by atoms with E-state index in [9.17, 15) is 4.79 Å². The van der Waals surface area contributed by atoms with Crippen LogP contribution in [0.15, 0.2) is 0 Å². The predicted molar refractivity (Wildman–Crippen MR) is 71.9 cm³/mol. The highest BCUT2D eigenvalue weighted by Gasteiger charge is 2.28. The van der Waals surface area contributed by atoms with Crippen LogP contribution in [-0.4, -0.2) is 48.4 Å². The summed E-state index contributed by atoms with van der Waals surface area (Å²) in [6.07, 6.45) is 3.93. The molecule has 4 nitrogen and oxygen atoms in total. The maximum Gasteiger partial charge on any atom is 0.239 e. The molecule has 0 saturated carbocycles. The lowest BCUT2D eigenvalue weighted by molar-refractivity contribution is -0.133. The van der Waals surface area contributed by atoms with Crippen LogP contribution in [0, 0.1) is 17.2 Å². The van der Waals surface area contributed by atoms with Gasteiger partial charge in [0.25, 0.3) is 0 Å². The third-order valence-corrected chi connectivity index (χ3v) is 3.80. The highest BCUT2D eigenvalue weighted by molar-refractivity contribution is 5.80. The summed E-state index contributed by atoms with van der Waals surface area (Å²) >= 11 is 0. The largest absolute Gasteiger partial charge is 0.343 e. The van der Waals surface area contributed by atoms with Crippen molar-refractivity contribution in [1.29, 1.82) is 5.26 Å². The first-order valence-electron chi connectivity index (χ1n) is 7.02. The Labute approximate surface area is 111 Å². The van der Waals surface area contributed by atoms with Gasteiger partial charge in [-0.15, -0.1) is 0 Å². The fourth-order valence-corrected chi connectivity index (χ4v) is 2.72. The number of carbonyl (C=O) groups excluding carboxylic acids is 1. The van der Waals surface area contributed by atoms with Crippen molar-refractivity contribution in [1.82, 2.24) is 9.80 Å². The molecule has 18 heavy (non-hydrogen) atoms. The Kier molecular flexibility index (Phi) is 6.14. The van der Waals surface area contributed by atoms with Crippen molar-refractivity contribution in [2.24, 2.45) is 5.92 Å². The summed E-state index contributed by atoms with van der Waals surface area (Å²) in [5.41, 5.74) is 0. The zero-order chi connectivity index (χ0) is 13.5. The van der Waals surface area contributed by atoms with E-state index < -0.39 is 5.92 Å². The standard InChI is InChI=1S/C14H25N3O/c1-4-7-12(10-15)14(18)16(3)11-13-8-6-9-17(13)5-2/h12-13H,4-9,11H2,1-3H3. The van der Waals surface area contributed by atoms with Crippen LogP contribution in [-0.2, 0) is 4.79 Å². The quantitative estimate of drug-likeness (QED) is 0.724. The average Bonchev–Trinajstić information content (AvgIpc) is 2.82. The van der Waals surface area contributed by atoms with E-state index in [0.717, 1.165) is 32.5 Å². The zero-order valence-electron chi connectivity index (χ0n) is 11.9. The second-order valence-corrected chi connectivity index (χ2v) is 5.11. The van der Waals surface area contributed by atoms with Crippen LogP contribution in [0.25, 0.3) is 0 Å². The summed E-state index contributed by atoms with van der Waals surface area (Å²) in [5.74, 6) is -0.473. The lowest BCUT2D eigenvalue weighted by Crippen LogP contribution is -2.42. The first-order valence-corrected chi connectivity index (χ1v) is 7.02. The van der Waals surface area contributed by atoms with Crippen LogP contribution < -0.4 is 0 Å². The molecule has 0 radical (unpaired) electrons. The number of rotatable bonds is 6. The maximum atomic E-state index is 12.1. The molecule has 4 heteroatoms. The molecule has 0 N–H and O–H groups in total. The van der Waals surface area contributed by atoms with Gasteiger partial charge in [0.2, 0.25) is 5.91 Å². The number of nitrogens with zero attached hydrogens (tertiary/aromatic N) is 3. The minimum absolute atomic E-state index is 0.0118. The monoisotopic (exact) mass is 251 g/mol. The molecule has 102 valence electrons. The van der Waals surface area contributed by atoms with Crippen molar-refractivity contribution < 1.29 is 4.79 Å². The van der Waals surface area contributed by atoms with Gasteiger partial charge in [-0.1, -0.05) is 20.3 Å². The molecule has 1 saturated heterocycles. The molecule has 0 aliphatic carbocycles. The van der Waals surface area contributed by atoms with E-state index >= 15 is 0 Å². The van der Waals surface area contributed by atoms with Gasteiger partial charge in [0.15, 0.2) is 0 Å². The number of likely N-dealkylation sites (N-methyl/N-ethyl adjacent to an activating group) is 2. The van der Waals surface area contributed by atoms with Gasteiger partial charge in [-0.2, -0.15) is 5.26 Å². The molecular weight excluding hydrogens is 226 g/mol. The topological polar surface area (TPSA) is 47.3 Å². The van der Waals surface area contributed by atoms with Crippen molar-refractivity contribution in [3.63, 3.8) is 0 Å². The molecule has 1 fully saturated rings. The second kappa shape index (κ2) is 7.38. The molecule has 1 rings (SSSR count). The SMILES string of the molecule is CCCC(C#N)C(=O)N(C)CC1CCCN1CC. The first kappa shape index (κ1) is 15.0. The third-order valence-electron chi connectivity index (χ3n) is 3.80. The van der Waals surface area contributed by atoms with Crippen molar-refractivity contribution in [3.05, 3.63) is 0 Å². The van der Waals surface area contributed by atoms with E-state index in [1.165, 1.54) is 6.42 Å². The number of hydrogen-bond acceptors (Lipinski definition) is 3. The van der Waals surface area contributed by atoms with E-state index in [1.54, 1.807) is 4.90 Å². The molecule has 0 aromatic rings. The normalized spacial score (nSPS) is 21.6. The average molecular weight is 251 g/mol. The van der Waals surface area contributed by atoms with Crippen molar-refractivity contribution >= 4 is 5.91 Å². The van der Waals surface area contributed by atoms with E-state index in [0.29, 0.717) is 12.5 Å². The maximum absolute atomic E-state index is 12.1. The van der Waals surface area contributed by atoms with Crippen LogP contribution >= 0.6 is 0 Å². The minimum atomic E-state index is -0.462. The highest BCUT2D eigenvalue weighted by Crippen LogP contribution is 2.18. The number of likely N-dealkylation sites (tertiary alicyclic amines) is 1. The van der Waals surface area contributed by atoms with E-state index in [4.69, 9.17) is 5.26 Å². The highest BCUT2D eigenvalue weighted by atomic mass is 16.2. The summed E-state index contributed by atoms with van der Waals surface area (Å²) in [5, 5.41) is 9.03. The molecule has 0 bridgehead atoms. The van der Waals surface area contributed by atoms with Crippen molar-refractivity contribution in [2.45, 2.75) is 45.6 Å². The number of hydrogen-bond donors (Lipinski definition) is 0. The van der Waals surface area contributed by atoms with Crippen LogP contribution in [0.4, 0.5) is 0 Å².